The van der Waals surface area contributed by atoms with Gasteiger partial charge in [-0.25, -0.2) is 14.8 Å². The molecule has 3 heterocycles. The summed E-state index contributed by atoms with van der Waals surface area (Å²) in [6.45, 7) is 6.26. The van der Waals surface area contributed by atoms with Gasteiger partial charge in [-0.1, -0.05) is 25.4 Å². The zero-order valence-corrected chi connectivity index (χ0v) is 20.6. The summed E-state index contributed by atoms with van der Waals surface area (Å²) in [5.74, 6) is 1.30. The summed E-state index contributed by atoms with van der Waals surface area (Å²) in [5, 5.41) is 3.69. The van der Waals surface area contributed by atoms with E-state index in [2.05, 4.69) is 49.8 Å². The van der Waals surface area contributed by atoms with E-state index in [1.54, 1.807) is 28.4 Å². The zero-order valence-electron chi connectivity index (χ0n) is 19.8. The fourth-order valence-corrected chi connectivity index (χ4v) is 4.66. The summed E-state index contributed by atoms with van der Waals surface area (Å²) in [6.07, 6.45) is 5.41. The van der Waals surface area contributed by atoms with Crippen molar-refractivity contribution in [2.24, 2.45) is 5.92 Å². The van der Waals surface area contributed by atoms with Crippen molar-refractivity contribution >= 4 is 45.1 Å². The van der Waals surface area contributed by atoms with Crippen LogP contribution in [-0.2, 0) is 0 Å². The lowest BCUT2D eigenvalue weighted by Crippen LogP contribution is -2.54. The minimum atomic E-state index is -0.314. The highest BCUT2D eigenvalue weighted by Crippen LogP contribution is 2.35. The lowest BCUT2D eigenvalue weighted by molar-refractivity contribution is 0.221. The Morgan fingerprint density at radius 2 is 1.82 bits per heavy atom. The maximum Gasteiger partial charge on any atom is 0.324 e. The molecular weight excluding hydrogens is 435 g/mol. The molecule has 11 heteroatoms. The number of amides is 2. The lowest BCUT2D eigenvalue weighted by atomic mass is 9.55. The number of anilines is 2. The van der Waals surface area contributed by atoms with Crippen molar-refractivity contribution in [3.8, 4) is 5.69 Å². The van der Waals surface area contributed by atoms with Crippen molar-refractivity contribution in [2.45, 2.75) is 38.2 Å². The largest absolute Gasteiger partial charge is 0.346 e. The summed E-state index contributed by atoms with van der Waals surface area (Å²) in [5.41, 5.74) is 1.82. The number of likely N-dealkylation sites (N-methyl/N-ethyl adjacent to an activating group) is 1. The van der Waals surface area contributed by atoms with Gasteiger partial charge in [-0.05, 0) is 43.2 Å². The third-order valence-electron chi connectivity index (χ3n) is 6.40. The van der Waals surface area contributed by atoms with Crippen LogP contribution >= 0.6 is 11.6 Å². The van der Waals surface area contributed by atoms with E-state index in [-0.39, 0.29) is 29.4 Å². The number of benzene rings is 1. The van der Waals surface area contributed by atoms with E-state index in [0.717, 1.165) is 11.4 Å². The average molecular weight is 464 g/mol. The molecule has 33 heavy (non-hydrogen) atoms. The molecule has 0 aliphatic carbocycles. The number of carbonyl (C=O) groups is 1. The molecular formula is C22H28B2ClN7O. The van der Waals surface area contributed by atoms with Gasteiger partial charge in [0.15, 0.2) is 0 Å². The molecule has 8 nitrogen and oxygen atoms in total. The van der Waals surface area contributed by atoms with E-state index < -0.39 is 0 Å². The number of nitrogens with one attached hydrogen (secondary N) is 1. The van der Waals surface area contributed by atoms with Crippen LogP contribution in [0.3, 0.4) is 0 Å². The van der Waals surface area contributed by atoms with Gasteiger partial charge in [-0.3, -0.25) is 4.90 Å². The molecule has 4 rings (SSSR count). The number of halogens is 1. The highest BCUT2D eigenvalue weighted by molar-refractivity contribution is 6.43. The van der Waals surface area contributed by atoms with Crippen molar-refractivity contribution < 1.29 is 4.79 Å². The second-order valence-electron chi connectivity index (χ2n) is 9.34. The molecule has 0 saturated carbocycles. The molecule has 0 spiro atoms. The van der Waals surface area contributed by atoms with Gasteiger partial charge in [0.05, 0.1) is 24.1 Å². The Hall–Kier alpha value is -3.00. The third kappa shape index (κ3) is 4.31. The summed E-state index contributed by atoms with van der Waals surface area (Å²) in [4.78, 5) is 30.3. The number of rotatable bonds is 6. The van der Waals surface area contributed by atoms with Gasteiger partial charge in [-0.2, -0.15) is 4.98 Å². The highest BCUT2D eigenvalue weighted by Gasteiger charge is 2.51. The summed E-state index contributed by atoms with van der Waals surface area (Å²) in [7, 11) is 6.03. The molecule has 1 aliphatic heterocycles. The van der Waals surface area contributed by atoms with Gasteiger partial charge in [0, 0.05) is 35.5 Å². The molecule has 1 N–H and O–H groups in total. The van der Waals surface area contributed by atoms with Crippen molar-refractivity contribution in [1.82, 2.24) is 24.4 Å². The molecule has 170 valence electrons. The number of urea groups is 1. The number of carbonyl (C=O) groups excluding carboxylic acids is 1. The van der Waals surface area contributed by atoms with Gasteiger partial charge in [0.2, 0.25) is 5.95 Å². The molecule has 1 saturated heterocycles. The molecule has 2 amide bonds. The first kappa shape index (κ1) is 23.2. The normalized spacial score (nSPS) is 18.7. The van der Waals surface area contributed by atoms with Crippen molar-refractivity contribution in [3.05, 3.63) is 59.8 Å². The average Bonchev–Trinajstić information content (AvgIpc) is 3.33. The molecule has 1 aromatic carbocycles. The van der Waals surface area contributed by atoms with Gasteiger partial charge < -0.3 is 14.8 Å². The van der Waals surface area contributed by atoms with Gasteiger partial charge in [0.1, 0.15) is 21.5 Å². The van der Waals surface area contributed by atoms with Gasteiger partial charge >= 0.3 is 6.03 Å². The predicted molar refractivity (Wildman–Crippen MR) is 137 cm³/mol. The summed E-state index contributed by atoms with van der Waals surface area (Å²) < 4.78 is 1.94. The highest BCUT2D eigenvalue weighted by atomic mass is 35.5. The smallest absolute Gasteiger partial charge is 0.324 e. The van der Waals surface area contributed by atoms with E-state index in [9.17, 15) is 4.79 Å². The van der Waals surface area contributed by atoms with E-state index in [1.807, 2.05) is 49.0 Å². The standard InChI is InChI=1S/C22H28B2ClN7O/c1-13(2)19-22(23,24)30(4)21(33)32(19)18-9-10-26-20(29-18)28-14(3)17-11-31(12-27-17)16-7-5-15(25)6-8-16/h5-14,19H,23-24H2,1-4H3,(H,26,28,29)/t14-,19?/m0/s1. The zero-order chi connectivity index (χ0) is 23.9. The summed E-state index contributed by atoms with van der Waals surface area (Å²) >= 11 is 5.99. The van der Waals surface area contributed by atoms with Crippen LogP contribution in [0, 0.1) is 5.92 Å². The van der Waals surface area contributed by atoms with Crippen LogP contribution in [0.4, 0.5) is 16.6 Å². The topological polar surface area (TPSA) is 79.2 Å². The van der Waals surface area contributed by atoms with E-state index in [4.69, 9.17) is 11.6 Å². The first-order valence-corrected chi connectivity index (χ1v) is 11.4. The minimum absolute atomic E-state index is 0.00903. The van der Waals surface area contributed by atoms with Crippen molar-refractivity contribution in [2.75, 3.05) is 17.3 Å². The Morgan fingerprint density at radius 1 is 1.12 bits per heavy atom. The minimum Gasteiger partial charge on any atom is -0.346 e. The fraction of sp³-hybridized carbons (Fsp3) is 0.364. The Kier molecular flexibility index (Phi) is 6.14. The first-order chi connectivity index (χ1) is 15.6. The number of aromatic nitrogens is 4. The van der Waals surface area contributed by atoms with Crippen molar-refractivity contribution in [1.29, 1.82) is 0 Å². The number of hydrogen-bond donors (Lipinski definition) is 1. The molecule has 2 atom stereocenters. The lowest BCUT2D eigenvalue weighted by Gasteiger charge is -2.36. The number of imidazole rings is 1. The fourth-order valence-electron chi connectivity index (χ4n) is 4.53. The molecule has 1 aliphatic rings. The van der Waals surface area contributed by atoms with Crippen LogP contribution in [0.15, 0.2) is 49.1 Å². The van der Waals surface area contributed by atoms with E-state index in [0.29, 0.717) is 16.8 Å². The molecule has 2 aromatic heterocycles. The number of hydrogen-bond acceptors (Lipinski definition) is 5. The quantitative estimate of drug-likeness (QED) is 0.568. The van der Waals surface area contributed by atoms with Gasteiger partial charge in [-0.15, -0.1) is 0 Å². The number of nitrogens with zero attached hydrogens (tertiary/aromatic N) is 6. The van der Waals surface area contributed by atoms with Crippen LogP contribution in [0.25, 0.3) is 5.69 Å². The molecule has 0 bridgehead atoms. The molecule has 1 fully saturated rings. The van der Waals surface area contributed by atoms with Crippen LogP contribution < -0.4 is 10.2 Å². The third-order valence-corrected chi connectivity index (χ3v) is 6.65. The summed E-state index contributed by atoms with van der Waals surface area (Å²) in [6, 6.07) is 9.16. The van der Waals surface area contributed by atoms with Crippen LogP contribution in [0.2, 0.25) is 5.02 Å². The molecule has 3 aromatic rings. The van der Waals surface area contributed by atoms with Crippen LogP contribution in [-0.4, -0.2) is 64.6 Å². The first-order valence-electron chi connectivity index (χ1n) is 11.1. The molecule has 0 radical (unpaired) electrons. The maximum absolute atomic E-state index is 13.1. The van der Waals surface area contributed by atoms with Crippen LogP contribution in [0.5, 0.6) is 0 Å². The van der Waals surface area contributed by atoms with Crippen molar-refractivity contribution in [3.63, 3.8) is 0 Å². The Morgan fingerprint density at radius 3 is 2.48 bits per heavy atom. The second-order valence-corrected chi connectivity index (χ2v) is 9.78. The predicted octanol–water partition coefficient (Wildman–Crippen LogP) is 2.31. The van der Waals surface area contributed by atoms with E-state index >= 15 is 0 Å². The Bertz CT molecular complexity index is 1150. The SMILES string of the molecule is BC1(B)C(C(C)C)N(c2ccnc(N[C@@H](C)c3cn(-c4ccc(Cl)cc4)cn3)n2)C(=O)N1C. The Balaban J connectivity index is 1.55. The maximum atomic E-state index is 13.1. The van der Waals surface area contributed by atoms with E-state index in [1.165, 1.54) is 0 Å². The second kappa shape index (κ2) is 8.74. The Labute approximate surface area is 201 Å². The van der Waals surface area contributed by atoms with Gasteiger partial charge in [0.25, 0.3) is 0 Å². The van der Waals surface area contributed by atoms with Crippen LogP contribution in [0.1, 0.15) is 32.5 Å². The monoisotopic (exact) mass is 463 g/mol. The molecule has 1 unspecified atom stereocenters.